The Morgan fingerprint density at radius 2 is 2.17 bits per heavy atom. The number of aliphatic imine (C=N–C) groups is 1. The van der Waals surface area contributed by atoms with Crippen LogP contribution in [0.4, 0.5) is 0 Å². The van der Waals surface area contributed by atoms with Gasteiger partial charge in [0.25, 0.3) is 0 Å². The molecule has 1 aliphatic heterocycles. The molecule has 1 aliphatic rings. The maximum Gasteiger partial charge on any atom is 0.191 e. The van der Waals surface area contributed by atoms with Gasteiger partial charge < -0.3 is 10.6 Å². The average molecular weight is 246 g/mol. The third kappa shape index (κ3) is 3.45. The first-order valence-electron chi connectivity index (χ1n) is 6.62. The molecule has 4 heteroatoms. The van der Waals surface area contributed by atoms with E-state index in [1.165, 1.54) is 12.8 Å². The molecule has 2 N–H and O–H groups in total. The number of pyridine rings is 1. The zero-order chi connectivity index (χ0) is 13.0. The standard InChI is InChI=1S/C14H22N4/c1-11-6-8-18(9-7-11)14(15)16-10-13-5-3-4-12(2)17-13/h3-5,11H,6-10H2,1-2H3,(H2,15,16). The van der Waals surface area contributed by atoms with E-state index in [4.69, 9.17) is 5.73 Å². The molecule has 1 aromatic rings. The summed E-state index contributed by atoms with van der Waals surface area (Å²) >= 11 is 0. The summed E-state index contributed by atoms with van der Waals surface area (Å²) in [5, 5.41) is 0. The largest absolute Gasteiger partial charge is 0.370 e. The molecular formula is C14H22N4. The van der Waals surface area contributed by atoms with Gasteiger partial charge in [-0.05, 0) is 37.8 Å². The average Bonchev–Trinajstić information content (AvgIpc) is 2.37. The molecule has 4 nitrogen and oxygen atoms in total. The summed E-state index contributed by atoms with van der Waals surface area (Å²) in [6, 6.07) is 5.98. The number of nitrogens with zero attached hydrogens (tertiary/aromatic N) is 3. The maximum atomic E-state index is 6.03. The van der Waals surface area contributed by atoms with Crippen molar-refractivity contribution in [2.45, 2.75) is 33.2 Å². The quantitative estimate of drug-likeness (QED) is 0.641. The van der Waals surface area contributed by atoms with Crippen LogP contribution in [0.25, 0.3) is 0 Å². The Bertz CT molecular complexity index is 420. The molecule has 0 radical (unpaired) electrons. The lowest BCUT2D eigenvalue weighted by Crippen LogP contribution is -2.42. The van der Waals surface area contributed by atoms with Crippen molar-refractivity contribution in [3.05, 3.63) is 29.6 Å². The van der Waals surface area contributed by atoms with Gasteiger partial charge in [-0.25, -0.2) is 4.99 Å². The highest BCUT2D eigenvalue weighted by molar-refractivity contribution is 5.78. The Kier molecular flexibility index (Phi) is 4.18. The SMILES string of the molecule is Cc1cccc(CN=C(N)N2CCC(C)CC2)n1. The molecule has 1 fully saturated rings. The number of nitrogens with two attached hydrogens (primary N) is 1. The molecule has 98 valence electrons. The van der Waals surface area contributed by atoms with E-state index in [9.17, 15) is 0 Å². The zero-order valence-electron chi connectivity index (χ0n) is 11.3. The summed E-state index contributed by atoms with van der Waals surface area (Å²) < 4.78 is 0. The van der Waals surface area contributed by atoms with Gasteiger partial charge in [-0.2, -0.15) is 0 Å². The summed E-state index contributed by atoms with van der Waals surface area (Å²) in [7, 11) is 0. The minimum absolute atomic E-state index is 0.569. The Labute approximate surface area is 109 Å². The van der Waals surface area contributed by atoms with Crippen LogP contribution in [0.1, 0.15) is 31.2 Å². The molecule has 0 amide bonds. The first-order chi connectivity index (χ1) is 8.65. The van der Waals surface area contributed by atoms with E-state index >= 15 is 0 Å². The number of hydrogen-bond donors (Lipinski definition) is 1. The lowest BCUT2D eigenvalue weighted by molar-refractivity contribution is 0.277. The number of rotatable bonds is 2. The molecule has 2 heterocycles. The van der Waals surface area contributed by atoms with E-state index in [2.05, 4.69) is 21.8 Å². The van der Waals surface area contributed by atoms with E-state index in [1.54, 1.807) is 0 Å². The summed E-state index contributed by atoms with van der Waals surface area (Å²) in [6.45, 7) is 6.90. The fourth-order valence-corrected chi connectivity index (χ4v) is 2.19. The highest BCUT2D eigenvalue weighted by atomic mass is 15.3. The van der Waals surface area contributed by atoms with Crippen molar-refractivity contribution in [1.29, 1.82) is 0 Å². The number of piperidine rings is 1. The smallest absolute Gasteiger partial charge is 0.191 e. The maximum absolute atomic E-state index is 6.03. The number of hydrogen-bond acceptors (Lipinski definition) is 2. The Morgan fingerprint density at radius 3 is 2.83 bits per heavy atom. The minimum Gasteiger partial charge on any atom is -0.370 e. The third-order valence-electron chi connectivity index (χ3n) is 3.46. The molecule has 0 aliphatic carbocycles. The van der Waals surface area contributed by atoms with E-state index in [1.807, 2.05) is 25.1 Å². The van der Waals surface area contributed by atoms with Gasteiger partial charge in [0.15, 0.2) is 5.96 Å². The lowest BCUT2D eigenvalue weighted by atomic mass is 10.00. The first kappa shape index (κ1) is 12.9. The predicted molar refractivity (Wildman–Crippen MR) is 74.3 cm³/mol. The van der Waals surface area contributed by atoms with Crippen LogP contribution >= 0.6 is 0 Å². The highest BCUT2D eigenvalue weighted by Gasteiger charge is 2.16. The van der Waals surface area contributed by atoms with Crippen LogP contribution in [0.15, 0.2) is 23.2 Å². The lowest BCUT2D eigenvalue weighted by Gasteiger charge is -2.30. The molecule has 18 heavy (non-hydrogen) atoms. The van der Waals surface area contributed by atoms with Crippen LogP contribution in [0.2, 0.25) is 0 Å². The molecule has 0 spiro atoms. The van der Waals surface area contributed by atoms with Gasteiger partial charge in [0.2, 0.25) is 0 Å². The van der Waals surface area contributed by atoms with Crippen LogP contribution in [0, 0.1) is 12.8 Å². The fraction of sp³-hybridized carbons (Fsp3) is 0.571. The van der Waals surface area contributed by atoms with E-state index in [0.29, 0.717) is 12.5 Å². The zero-order valence-corrected chi connectivity index (χ0v) is 11.3. The molecule has 0 aromatic carbocycles. The molecule has 2 rings (SSSR count). The van der Waals surface area contributed by atoms with Gasteiger partial charge in [0.05, 0.1) is 12.2 Å². The Hall–Kier alpha value is -1.58. The summed E-state index contributed by atoms with van der Waals surface area (Å²) in [6.07, 6.45) is 2.41. The highest BCUT2D eigenvalue weighted by Crippen LogP contribution is 2.15. The van der Waals surface area contributed by atoms with Crippen LogP contribution in [-0.2, 0) is 6.54 Å². The minimum atomic E-state index is 0.569. The summed E-state index contributed by atoms with van der Waals surface area (Å²) in [4.78, 5) is 11.0. The topological polar surface area (TPSA) is 54.5 Å². The van der Waals surface area contributed by atoms with Crippen LogP contribution < -0.4 is 5.73 Å². The number of aryl methyl sites for hydroxylation is 1. The monoisotopic (exact) mass is 246 g/mol. The molecule has 0 atom stereocenters. The van der Waals surface area contributed by atoms with Crippen molar-refractivity contribution in [3.8, 4) is 0 Å². The van der Waals surface area contributed by atoms with Gasteiger partial charge in [-0.1, -0.05) is 13.0 Å². The second-order valence-electron chi connectivity index (χ2n) is 5.11. The number of aromatic nitrogens is 1. The van der Waals surface area contributed by atoms with Crippen molar-refractivity contribution in [2.75, 3.05) is 13.1 Å². The van der Waals surface area contributed by atoms with Crippen molar-refractivity contribution in [2.24, 2.45) is 16.6 Å². The van der Waals surface area contributed by atoms with E-state index in [-0.39, 0.29) is 0 Å². The Balaban J connectivity index is 1.92. The second-order valence-corrected chi connectivity index (χ2v) is 5.11. The van der Waals surface area contributed by atoms with E-state index in [0.717, 1.165) is 30.4 Å². The molecule has 1 aromatic heterocycles. The van der Waals surface area contributed by atoms with Crippen molar-refractivity contribution in [1.82, 2.24) is 9.88 Å². The Morgan fingerprint density at radius 1 is 1.44 bits per heavy atom. The van der Waals surface area contributed by atoms with Crippen molar-refractivity contribution < 1.29 is 0 Å². The number of guanidine groups is 1. The number of likely N-dealkylation sites (tertiary alicyclic amines) is 1. The first-order valence-corrected chi connectivity index (χ1v) is 6.62. The summed E-state index contributed by atoms with van der Waals surface area (Å²) in [5.41, 5.74) is 8.02. The molecule has 0 bridgehead atoms. The van der Waals surface area contributed by atoms with E-state index < -0.39 is 0 Å². The van der Waals surface area contributed by atoms with Crippen molar-refractivity contribution >= 4 is 5.96 Å². The van der Waals surface area contributed by atoms with Crippen LogP contribution in [0.3, 0.4) is 0 Å². The van der Waals surface area contributed by atoms with Gasteiger partial charge in [-0.3, -0.25) is 4.98 Å². The predicted octanol–water partition coefficient (Wildman–Crippen LogP) is 1.94. The van der Waals surface area contributed by atoms with Crippen LogP contribution in [0.5, 0.6) is 0 Å². The molecular weight excluding hydrogens is 224 g/mol. The second kappa shape index (κ2) is 5.85. The van der Waals surface area contributed by atoms with Crippen molar-refractivity contribution in [3.63, 3.8) is 0 Å². The van der Waals surface area contributed by atoms with Gasteiger partial charge in [0.1, 0.15) is 0 Å². The van der Waals surface area contributed by atoms with Crippen LogP contribution in [-0.4, -0.2) is 28.9 Å². The normalized spacial score (nSPS) is 18.1. The van der Waals surface area contributed by atoms with Gasteiger partial charge in [-0.15, -0.1) is 0 Å². The fourth-order valence-electron chi connectivity index (χ4n) is 2.19. The molecule has 0 saturated carbocycles. The molecule has 0 unspecified atom stereocenters. The molecule has 1 saturated heterocycles. The third-order valence-corrected chi connectivity index (χ3v) is 3.46. The van der Waals surface area contributed by atoms with Gasteiger partial charge >= 0.3 is 0 Å². The van der Waals surface area contributed by atoms with Gasteiger partial charge in [0, 0.05) is 18.8 Å². The summed E-state index contributed by atoms with van der Waals surface area (Å²) in [5.74, 6) is 1.47.